The van der Waals surface area contributed by atoms with Gasteiger partial charge in [-0.2, -0.15) is 0 Å². The molecular weight excluding hydrogens is 244 g/mol. The molecule has 0 bridgehead atoms. The molecule has 5 nitrogen and oxygen atoms in total. The van der Waals surface area contributed by atoms with Gasteiger partial charge in [0.25, 0.3) is 5.69 Å². The third kappa shape index (κ3) is 3.08. The Morgan fingerprint density at radius 2 is 1.84 bits per heavy atom. The second-order valence-corrected chi connectivity index (χ2v) is 4.07. The highest BCUT2D eigenvalue weighted by Crippen LogP contribution is 2.28. The van der Waals surface area contributed by atoms with E-state index < -0.39 is 4.92 Å². The largest absolute Gasteiger partial charge is 0.391 e. The van der Waals surface area contributed by atoms with E-state index in [-0.39, 0.29) is 12.3 Å². The van der Waals surface area contributed by atoms with Crippen molar-refractivity contribution >= 4 is 11.4 Å². The highest BCUT2D eigenvalue weighted by atomic mass is 16.6. The van der Waals surface area contributed by atoms with Gasteiger partial charge in [0.1, 0.15) is 5.69 Å². The molecule has 0 aromatic heterocycles. The number of aliphatic hydroxyl groups excluding tert-OH is 1. The molecule has 0 heterocycles. The van der Waals surface area contributed by atoms with Crippen LogP contribution in [0.1, 0.15) is 11.1 Å². The summed E-state index contributed by atoms with van der Waals surface area (Å²) in [5.41, 5.74) is 1.69. The average molecular weight is 258 g/mol. The molecule has 2 aromatic carbocycles. The lowest BCUT2D eigenvalue weighted by atomic mass is 10.1. The standard InChI is InChI=1S/C14H14N2O3/c17-10-12-7-4-8-13(14(12)16(18)19)15-9-11-5-2-1-3-6-11/h1-8,15,17H,9-10H2. The number of nitrogens with one attached hydrogen (secondary N) is 1. The maximum atomic E-state index is 11.1. The SMILES string of the molecule is O=[N+]([O-])c1c(CO)cccc1NCc1ccccc1. The Balaban J connectivity index is 2.23. The Labute approximate surface area is 110 Å². The van der Waals surface area contributed by atoms with Crippen LogP contribution in [0.25, 0.3) is 0 Å². The molecule has 0 saturated carbocycles. The van der Waals surface area contributed by atoms with Crippen molar-refractivity contribution in [1.82, 2.24) is 0 Å². The summed E-state index contributed by atoms with van der Waals surface area (Å²) in [7, 11) is 0. The Hall–Kier alpha value is -2.40. The first-order chi connectivity index (χ1) is 9.22. The van der Waals surface area contributed by atoms with Crippen LogP contribution in [0, 0.1) is 10.1 Å². The van der Waals surface area contributed by atoms with Crippen LogP contribution in [0.5, 0.6) is 0 Å². The zero-order chi connectivity index (χ0) is 13.7. The van der Waals surface area contributed by atoms with E-state index in [4.69, 9.17) is 5.11 Å². The van der Waals surface area contributed by atoms with Crippen molar-refractivity contribution in [2.45, 2.75) is 13.2 Å². The molecule has 2 aromatic rings. The first-order valence-corrected chi connectivity index (χ1v) is 5.87. The number of para-hydroxylation sites is 1. The molecule has 0 spiro atoms. The minimum absolute atomic E-state index is 0.0686. The first-order valence-electron chi connectivity index (χ1n) is 5.87. The van der Waals surface area contributed by atoms with Gasteiger partial charge >= 0.3 is 0 Å². The summed E-state index contributed by atoms with van der Waals surface area (Å²) in [6.07, 6.45) is 0. The lowest BCUT2D eigenvalue weighted by Crippen LogP contribution is -2.04. The topological polar surface area (TPSA) is 75.4 Å². The van der Waals surface area contributed by atoms with E-state index in [1.807, 2.05) is 30.3 Å². The van der Waals surface area contributed by atoms with Crippen LogP contribution in [0.3, 0.4) is 0 Å². The molecule has 98 valence electrons. The molecule has 0 aliphatic heterocycles. The van der Waals surface area contributed by atoms with Gasteiger partial charge in [-0.25, -0.2) is 0 Å². The fourth-order valence-corrected chi connectivity index (χ4v) is 1.87. The van der Waals surface area contributed by atoms with Crippen molar-refractivity contribution in [3.63, 3.8) is 0 Å². The number of nitrogens with zero attached hydrogens (tertiary/aromatic N) is 1. The average Bonchev–Trinajstić information content (AvgIpc) is 2.45. The Bertz CT molecular complexity index is 570. The lowest BCUT2D eigenvalue weighted by molar-refractivity contribution is -0.384. The van der Waals surface area contributed by atoms with Crippen LogP contribution in [0.4, 0.5) is 11.4 Å². The van der Waals surface area contributed by atoms with Crippen molar-refractivity contribution < 1.29 is 10.0 Å². The van der Waals surface area contributed by atoms with E-state index in [1.54, 1.807) is 18.2 Å². The Morgan fingerprint density at radius 1 is 1.11 bits per heavy atom. The summed E-state index contributed by atoms with van der Waals surface area (Å²) in [5, 5.41) is 23.2. The second-order valence-electron chi connectivity index (χ2n) is 4.07. The smallest absolute Gasteiger partial charge is 0.297 e. The van der Waals surface area contributed by atoms with Crippen LogP contribution in [-0.2, 0) is 13.2 Å². The van der Waals surface area contributed by atoms with Gasteiger partial charge in [-0.3, -0.25) is 10.1 Å². The van der Waals surface area contributed by atoms with E-state index in [0.717, 1.165) is 5.56 Å². The molecule has 0 amide bonds. The molecule has 0 fully saturated rings. The molecule has 19 heavy (non-hydrogen) atoms. The first kappa shape index (κ1) is 13.0. The maximum Gasteiger partial charge on any atom is 0.297 e. The minimum atomic E-state index is -0.473. The fraction of sp³-hybridized carbons (Fsp3) is 0.143. The van der Waals surface area contributed by atoms with E-state index in [1.165, 1.54) is 0 Å². The zero-order valence-corrected chi connectivity index (χ0v) is 10.2. The number of hydrogen-bond acceptors (Lipinski definition) is 4. The van der Waals surface area contributed by atoms with Crippen LogP contribution < -0.4 is 5.32 Å². The van der Waals surface area contributed by atoms with Crippen molar-refractivity contribution in [2.24, 2.45) is 0 Å². The Kier molecular flexibility index (Phi) is 4.10. The third-order valence-corrected chi connectivity index (χ3v) is 2.80. The van der Waals surface area contributed by atoms with E-state index in [9.17, 15) is 10.1 Å². The number of rotatable bonds is 5. The molecule has 0 aliphatic rings. The van der Waals surface area contributed by atoms with Gasteiger partial charge in [0.2, 0.25) is 0 Å². The highest BCUT2D eigenvalue weighted by Gasteiger charge is 2.18. The molecule has 0 radical (unpaired) electrons. The number of anilines is 1. The predicted octanol–water partition coefficient (Wildman–Crippen LogP) is 2.70. The molecule has 0 atom stereocenters. The van der Waals surface area contributed by atoms with Crippen molar-refractivity contribution in [3.8, 4) is 0 Å². The van der Waals surface area contributed by atoms with Crippen LogP contribution in [0.2, 0.25) is 0 Å². The summed E-state index contributed by atoms with van der Waals surface area (Å²) >= 11 is 0. The number of nitro groups is 1. The van der Waals surface area contributed by atoms with Gasteiger partial charge in [0.15, 0.2) is 0 Å². The Morgan fingerprint density at radius 3 is 2.47 bits per heavy atom. The molecule has 0 unspecified atom stereocenters. The summed E-state index contributed by atoms with van der Waals surface area (Å²) in [4.78, 5) is 10.6. The summed E-state index contributed by atoms with van der Waals surface area (Å²) in [6.45, 7) is 0.147. The third-order valence-electron chi connectivity index (χ3n) is 2.80. The monoisotopic (exact) mass is 258 g/mol. The van der Waals surface area contributed by atoms with Crippen LogP contribution in [-0.4, -0.2) is 10.0 Å². The fourth-order valence-electron chi connectivity index (χ4n) is 1.87. The second kappa shape index (κ2) is 5.97. The summed E-state index contributed by atoms with van der Waals surface area (Å²) in [6, 6.07) is 14.5. The van der Waals surface area contributed by atoms with Crippen molar-refractivity contribution in [2.75, 3.05) is 5.32 Å². The predicted molar refractivity (Wildman–Crippen MR) is 72.8 cm³/mol. The number of nitro benzene ring substituents is 1. The van der Waals surface area contributed by atoms with Gasteiger partial charge in [0.05, 0.1) is 17.1 Å². The van der Waals surface area contributed by atoms with Crippen LogP contribution in [0.15, 0.2) is 48.5 Å². The quantitative estimate of drug-likeness (QED) is 0.638. The van der Waals surface area contributed by atoms with Crippen LogP contribution >= 0.6 is 0 Å². The molecular formula is C14H14N2O3. The molecule has 2 rings (SSSR count). The molecule has 2 N–H and O–H groups in total. The van der Waals surface area contributed by atoms with E-state index in [2.05, 4.69) is 5.32 Å². The summed E-state index contributed by atoms with van der Waals surface area (Å²) in [5.74, 6) is 0. The van der Waals surface area contributed by atoms with Gasteiger partial charge in [-0.1, -0.05) is 36.4 Å². The molecule has 0 saturated heterocycles. The molecule has 0 aliphatic carbocycles. The van der Waals surface area contributed by atoms with Gasteiger partial charge in [-0.05, 0) is 17.7 Å². The highest BCUT2D eigenvalue weighted by molar-refractivity contribution is 5.65. The number of benzene rings is 2. The zero-order valence-electron chi connectivity index (χ0n) is 10.2. The number of hydrogen-bond donors (Lipinski definition) is 2. The lowest BCUT2D eigenvalue weighted by Gasteiger charge is -2.09. The normalized spacial score (nSPS) is 10.2. The minimum Gasteiger partial charge on any atom is -0.391 e. The van der Waals surface area contributed by atoms with Crippen molar-refractivity contribution in [3.05, 3.63) is 69.8 Å². The van der Waals surface area contributed by atoms with E-state index in [0.29, 0.717) is 17.8 Å². The van der Waals surface area contributed by atoms with Gasteiger partial charge < -0.3 is 10.4 Å². The van der Waals surface area contributed by atoms with Gasteiger partial charge in [0, 0.05) is 6.54 Å². The van der Waals surface area contributed by atoms with E-state index >= 15 is 0 Å². The van der Waals surface area contributed by atoms with Crippen molar-refractivity contribution in [1.29, 1.82) is 0 Å². The maximum absolute atomic E-state index is 11.1. The molecule has 5 heteroatoms. The van der Waals surface area contributed by atoms with Gasteiger partial charge in [-0.15, -0.1) is 0 Å². The number of aliphatic hydroxyl groups is 1. The summed E-state index contributed by atoms with van der Waals surface area (Å²) < 4.78 is 0.